The average Bonchev–Trinajstić information content (AvgIpc) is 3.31. The molecule has 4 aromatic rings. The number of ether oxygens (including phenoxy) is 1. The Hall–Kier alpha value is -3.49. The van der Waals surface area contributed by atoms with Crippen LogP contribution in [0.3, 0.4) is 0 Å². The van der Waals surface area contributed by atoms with Gasteiger partial charge in [0.05, 0.1) is 12.2 Å². The number of carbonyl (C=O) groups is 1. The van der Waals surface area contributed by atoms with Crippen LogP contribution in [0, 0.1) is 5.82 Å². The lowest BCUT2D eigenvalue weighted by molar-refractivity contribution is -0.113. The van der Waals surface area contributed by atoms with E-state index in [0.29, 0.717) is 29.6 Å². The van der Waals surface area contributed by atoms with Gasteiger partial charge in [-0.15, -0.1) is 0 Å². The zero-order valence-electron chi connectivity index (χ0n) is 17.9. The van der Waals surface area contributed by atoms with Gasteiger partial charge in [-0.25, -0.2) is 4.39 Å². The van der Waals surface area contributed by atoms with Crippen LogP contribution in [-0.2, 0) is 11.3 Å². The molecule has 1 fully saturated rings. The molecule has 1 aliphatic heterocycles. The van der Waals surface area contributed by atoms with Crippen LogP contribution in [0.15, 0.2) is 89.2 Å². The third-order valence-electron chi connectivity index (χ3n) is 5.49. The van der Waals surface area contributed by atoms with Gasteiger partial charge in [-0.2, -0.15) is 0 Å². The first kappa shape index (κ1) is 22.3. The molecule has 5 rings (SSSR count). The predicted octanol–water partition coefficient (Wildman–Crippen LogP) is 5.88. The second-order valence-electron chi connectivity index (χ2n) is 7.68. The zero-order chi connectivity index (χ0) is 23.7. The van der Waals surface area contributed by atoms with Crippen LogP contribution in [0.1, 0.15) is 5.56 Å². The van der Waals surface area contributed by atoms with E-state index >= 15 is 0 Å². The van der Waals surface area contributed by atoms with Crippen molar-refractivity contribution in [3.63, 3.8) is 0 Å². The highest BCUT2D eigenvalue weighted by molar-refractivity contribution is 9.10. The van der Waals surface area contributed by atoms with Crippen molar-refractivity contribution in [2.75, 3.05) is 11.5 Å². The van der Waals surface area contributed by atoms with Gasteiger partial charge >= 0.3 is 0 Å². The molecule has 1 saturated heterocycles. The van der Waals surface area contributed by atoms with Crippen LogP contribution >= 0.6 is 28.1 Å². The van der Waals surface area contributed by atoms with E-state index < -0.39 is 0 Å². The van der Waals surface area contributed by atoms with Crippen LogP contribution in [0.4, 0.5) is 10.1 Å². The summed E-state index contributed by atoms with van der Waals surface area (Å²) >= 11 is 8.96. The van der Waals surface area contributed by atoms with Gasteiger partial charge in [0.15, 0.2) is 16.7 Å². The molecule has 0 spiro atoms. The highest BCUT2D eigenvalue weighted by Crippen LogP contribution is 2.29. The number of para-hydroxylation sites is 2. The first-order valence-electron chi connectivity index (χ1n) is 10.6. The number of fused-ring (bicyclic) bond motifs is 1. The van der Waals surface area contributed by atoms with Crippen molar-refractivity contribution in [2.24, 2.45) is 0 Å². The van der Waals surface area contributed by atoms with E-state index in [2.05, 4.69) is 21.2 Å². The molecule has 1 amide bonds. The van der Waals surface area contributed by atoms with Gasteiger partial charge in [-0.05, 0) is 60.8 Å². The Morgan fingerprint density at radius 1 is 1.06 bits per heavy atom. The summed E-state index contributed by atoms with van der Waals surface area (Å²) in [5, 5.41) is 4.34. The average molecular weight is 536 g/mol. The van der Waals surface area contributed by atoms with E-state index in [4.69, 9.17) is 17.0 Å². The number of benzene rings is 3. The minimum atomic E-state index is -0.390. The predicted molar refractivity (Wildman–Crippen MR) is 139 cm³/mol. The summed E-state index contributed by atoms with van der Waals surface area (Å²) in [4.78, 5) is 14.6. The van der Waals surface area contributed by atoms with E-state index in [1.807, 2.05) is 59.3 Å². The van der Waals surface area contributed by atoms with Gasteiger partial charge in [-0.1, -0.05) is 46.3 Å². The third-order valence-corrected chi connectivity index (χ3v) is 6.27. The molecule has 34 heavy (non-hydrogen) atoms. The maximum absolute atomic E-state index is 13.9. The number of nitrogens with zero attached hydrogens (tertiary/aromatic N) is 2. The molecule has 0 radical (unpaired) electrons. The standard InChI is InChI=1S/C26H19BrFN3O2S/c27-18-10-11-23-20(15-18)17(16-30(23)12-13-33-24-9-5-4-8-21(24)28)14-22-25(32)31(26(34)29-22)19-6-2-1-3-7-19/h1-11,14-16H,12-13H2,(H,29,34)/b22-14-. The Kier molecular flexibility index (Phi) is 6.17. The molecule has 0 atom stereocenters. The molecule has 5 nitrogen and oxygen atoms in total. The highest BCUT2D eigenvalue weighted by Gasteiger charge is 2.32. The van der Waals surface area contributed by atoms with Gasteiger partial charge in [0.2, 0.25) is 0 Å². The molecular weight excluding hydrogens is 517 g/mol. The number of nitrogens with one attached hydrogen (secondary N) is 1. The van der Waals surface area contributed by atoms with Gasteiger partial charge in [0, 0.05) is 27.1 Å². The van der Waals surface area contributed by atoms with Crippen LogP contribution in [0.2, 0.25) is 0 Å². The lowest BCUT2D eigenvalue weighted by atomic mass is 10.1. The Morgan fingerprint density at radius 2 is 1.82 bits per heavy atom. The van der Waals surface area contributed by atoms with Gasteiger partial charge in [0.25, 0.3) is 5.91 Å². The monoisotopic (exact) mass is 535 g/mol. The van der Waals surface area contributed by atoms with E-state index in [1.54, 1.807) is 24.3 Å². The zero-order valence-corrected chi connectivity index (χ0v) is 20.3. The molecule has 0 aliphatic carbocycles. The summed E-state index contributed by atoms with van der Waals surface area (Å²) in [6.45, 7) is 0.797. The molecule has 1 aliphatic rings. The fraction of sp³-hybridized carbons (Fsp3) is 0.0769. The van der Waals surface area contributed by atoms with Crippen molar-refractivity contribution < 1.29 is 13.9 Å². The smallest absolute Gasteiger partial charge is 0.281 e. The van der Waals surface area contributed by atoms with E-state index in [-0.39, 0.29) is 17.5 Å². The van der Waals surface area contributed by atoms with Crippen molar-refractivity contribution in [1.82, 2.24) is 9.88 Å². The van der Waals surface area contributed by atoms with Crippen LogP contribution in [-0.4, -0.2) is 22.2 Å². The molecule has 170 valence electrons. The van der Waals surface area contributed by atoms with Crippen molar-refractivity contribution in [1.29, 1.82) is 0 Å². The molecule has 0 saturated carbocycles. The largest absolute Gasteiger partial charge is 0.489 e. The van der Waals surface area contributed by atoms with Crippen molar-refractivity contribution in [2.45, 2.75) is 6.54 Å². The first-order valence-corrected chi connectivity index (χ1v) is 11.8. The van der Waals surface area contributed by atoms with Crippen molar-refractivity contribution >= 4 is 61.8 Å². The molecule has 3 aromatic carbocycles. The molecule has 1 aromatic heterocycles. The SMILES string of the molecule is O=C1/C(=C/c2cn(CCOc3ccccc3F)c3ccc(Br)cc23)NC(=S)N1c1ccccc1. The normalized spacial score (nSPS) is 14.8. The minimum Gasteiger partial charge on any atom is -0.489 e. The molecular formula is C26H19BrFN3O2S. The first-order chi connectivity index (χ1) is 16.5. The quantitative estimate of drug-likeness (QED) is 0.247. The fourth-order valence-corrected chi connectivity index (χ4v) is 4.57. The Labute approximate surface area is 209 Å². The van der Waals surface area contributed by atoms with E-state index in [0.717, 1.165) is 20.9 Å². The molecule has 2 heterocycles. The summed E-state index contributed by atoms with van der Waals surface area (Å²) in [5.74, 6) is -0.381. The van der Waals surface area contributed by atoms with Gasteiger partial charge < -0.3 is 14.6 Å². The number of halogens is 2. The maximum Gasteiger partial charge on any atom is 0.281 e. The minimum absolute atomic E-state index is 0.213. The van der Waals surface area contributed by atoms with Crippen LogP contribution in [0.25, 0.3) is 17.0 Å². The maximum atomic E-state index is 13.9. The fourth-order valence-electron chi connectivity index (χ4n) is 3.91. The Morgan fingerprint density at radius 3 is 2.62 bits per heavy atom. The third kappa shape index (κ3) is 4.34. The summed E-state index contributed by atoms with van der Waals surface area (Å²) in [5.41, 5.74) is 2.94. The van der Waals surface area contributed by atoms with Crippen LogP contribution in [0.5, 0.6) is 5.75 Å². The number of amides is 1. The Balaban J connectivity index is 1.44. The molecule has 0 bridgehead atoms. The van der Waals surface area contributed by atoms with Gasteiger partial charge in [0.1, 0.15) is 12.3 Å². The number of hydrogen-bond donors (Lipinski definition) is 1. The number of thiocarbonyl (C=S) groups is 1. The number of aromatic nitrogens is 1. The molecule has 8 heteroatoms. The Bertz CT molecular complexity index is 1430. The molecule has 1 N–H and O–H groups in total. The summed E-state index contributed by atoms with van der Waals surface area (Å²) < 4.78 is 22.5. The van der Waals surface area contributed by atoms with E-state index in [1.165, 1.54) is 11.0 Å². The summed E-state index contributed by atoms with van der Waals surface area (Å²) in [6, 6.07) is 21.6. The van der Waals surface area contributed by atoms with Crippen molar-refractivity contribution in [3.05, 3.63) is 101 Å². The second-order valence-corrected chi connectivity index (χ2v) is 8.98. The number of anilines is 1. The van der Waals surface area contributed by atoms with Crippen LogP contribution < -0.4 is 15.0 Å². The molecule has 0 unspecified atom stereocenters. The second kappa shape index (κ2) is 9.40. The topological polar surface area (TPSA) is 46.5 Å². The number of carbonyl (C=O) groups excluding carboxylic acids is 1. The lowest BCUT2D eigenvalue weighted by Gasteiger charge is -2.13. The lowest BCUT2D eigenvalue weighted by Crippen LogP contribution is -2.30. The van der Waals surface area contributed by atoms with E-state index in [9.17, 15) is 9.18 Å². The number of hydrogen-bond acceptors (Lipinski definition) is 3. The van der Waals surface area contributed by atoms with Crippen molar-refractivity contribution in [3.8, 4) is 5.75 Å². The summed E-state index contributed by atoms with van der Waals surface area (Å²) in [7, 11) is 0. The number of rotatable bonds is 6. The summed E-state index contributed by atoms with van der Waals surface area (Å²) in [6.07, 6.45) is 3.76. The van der Waals surface area contributed by atoms with Gasteiger partial charge in [-0.3, -0.25) is 9.69 Å². The highest BCUT2D eigenvalue weighted by atomic mass is 79.9.